The fourth-order valence-electron chi connectivity index (χ4n) is 3.86. The van der Waals surface area contributed by atoms with Crippen molar-refractivity contribution in [3.05, 3.63) is 88.7 Å². The van der Waals surface area contributed by atoms with Gasteiger partial charge in [0.2, 0.25) is 5.09 Å². The maximum Gasteiger partial charge on any atom is 0.328 e. The van der Waals surface area contributed by atoms with E-state index in [1.807, 2.05) is 18.2 Å². The fraction of sp³-hybridized carbons (Fsp3) is 0.240. The molecule has 1 aliphatic carbocycles. The topological polar surface area (TPSA) is 97.0 Å². The summed E-state index contributed by atoms with van der Waals surface area (Å²) in [6.07, 6.45) is 4.66. The molecule has 1 atom stereocenters. The lowest BCUT2D eigenvalue weighted by Gasteiger charge is -2.28. The van der Waals surface area contributed by atoms with Crippen LogP contribution in [0.1, 0.15) is 40.7 Å². The Labute approximate surface area is 193 Å². The van der Waals surface area contributed by atoms with E-state index < -0.39 is 22.2 Å². The van der Waals surface area contributed by atoms with Crippen LogP contribution in [-0.2, 0) is 27.7 Å². The molecule has 172 valence electrons. The van der Waals surface area contributed by atoms with Crippen molar-refractivity contribution in [2.75, 3.05) is 7.05 Å². The van der Waals surface area contributed by atoms with Crippen molar-refractivity contribution < 1.29 is 27.5 Å². The largest absolute Gasteiger partial charge is 0.478 e. The van der Waals surface area contributed by atoms with Crippen LogP contribution >= 0.6 is 0 Å². The Balaban J connectivity index is 1.69. The minimum Gasteiger partial charge on any atom is -0.478 e. The van der Waals surface area contributed by atoms with E-state index in [4.69, 9.17) is 14.3 Å². The number of sulfonamides is 1. The second kappa shape index (κ2) is 9.25. The molecule has 1 unspecified atom stereocenters. The van der Waals surface area contributed by atoms with Crippen LogP contribution in [-0.4, -0.2) is 30.8 Å². The first kappa shape index (κ1) is 22.8. The van der Waals surface area contributed by atoms with E-state index in [0.29, 0.717) is 22.6 Å². The molecule has 1 aliphatic rings. The number of rotatable bonds is 8. The molecule has 1 N–H and O–H groups in total. The van der Waals surface area contributed by atoms with Crippen LogP contribution < -0.4 is 4.74 Å². The average molecular weight is 468 g/mol. The number of aryl methyl sites for hydroxylation is 3. The zero-order valence-corrected chi connectivity index (χ0v) is 19.2. The van der Waals surface area contributed by atoms with Gasteiger partial charge in [-0.3, -0.25) is 0 Å². The van der Waals surface area contributed by atoms with Gasteiger partial charge in [-0.1, -0.05) is 30.3 Å². The Morgan fingerprint density at radius 1 is 1.09 bits per heavy atom. The van der Waals surface area contributed by atoms with E-state index in [0.717, 1.165) is 29.6 Å². The van der Waals surface area contributed by atoms with Crippen molar-refractivity contribution in [2.45, 2.75) is 37.5 Å². The molecule has 8 heteroatoms. The molecule has 4 rings (SSSR count). The van der Waals surface area contributed by atoms with Crippen molar-refractivity contribution in [1.29, 1.82) is 0 Å². The lowest BCUT2D eigenvalue weighted by atomic mass is 10.1. The van der Waals surface area contributed by atoms with E-state index >= 15 is 0 Å². The summed E-state index contributed by atoms with van der Waals surface area (Å²) in [6.45, 7) is 1.68. The number of benzene rings is 2. The second-order valence-electron chi connectivity index (χ2n) is 7.98. The maximum absolute atomic E-state index is 13.3. The third kappa shape index (κ3) is 5.02. The Morgan fingerprint density at radius 2 is 1.82 bits per heavy atom. The smallest absolute Gasteiger partial charge is 0.328 e. The number of hydrogen-bond donors (Lipinski definition) is 1. The molecule has 0 radical (unpaired) electrons. The number of ether oxygens (including phenoxy) is 1. The van der Waals surface area contributed by atoms with E-state index in [9.17, 15) is 13.2 Å². The summed E-state index contributed by atoms with van der Waals surface area (Å²) >= 11 is 0. The molecule has 7 nitrogen and oxygen atoms in total. The van der Waals surface area contributed by atoms with Crippen LogP contribution in [0.3, 0.4) is 0 Å². The maximum atomic E-state index is 13.3. The number of fused-ring (bicyclic) bond motifs is 1. The fourth-order valence-corrected chi connectivity index (χ4v) is 5.04. The van der Waals surface area contributed by atoms with E-state index in [-0.39, 0.29) is 5.09 Å². The van der Waals surface area contributed by atoms with E-state index in [2.05, 4.69) is 0 Å². The summed E-state index contributed by atoms with van der Waals surface area (Å²) in [5, 5.41) is 8.67. The first-order valence-corrected chi connectivity index (χ1v) is 12.0. The molecular formula is C25H25NO6S. The highest BCUT2D eigenvalue weighted by Crippen LogP contribution is 2.33. The Bertz CT molecular complexity index is 1290. The van der Waals surface area contributed by atoms with Gasteiger partial charge in [0.1, 0.15) is 11.5 Å². The number of furan rings is 1. The van der Waals surface area contributed by atoms with Crippen molar-refractivity contribution in [3.63, 3.8) is 0 Å². The predicted octanol–water partition coefficient (Wildman–Crippen LogP) is 4.57. The number of hydrogen-bond acceptors (Lipinski definition) is 5. The van der Waals surface area contributed by atoms with Crippen molar-refractivity contribution in [3.8, 4) is 5.75 Å². The van der Waals surface area contributed by atoms with Crippen LogP contribution in [0.4, 0.5) is 0 Å². The van der Waals surface area contributed by atoms with Gasteiger partial charge >= 0.3 is 5.97 Å². The van der Waals surface area contributed by atoms with Gasteiger partial charge in [-0.2, -0.15) is 4.31 Å². The van der Waals surface area contributed by atoms with Gasteiger partial charge in [0.05, 0.1) is 0 Å². The zero-order valence-electron chi connectivity index (χ0n) is 18.4. The van der Waals surface area contributed by atoms with Gasteiger partial charge in [0.25, 0.3) is 10.0 Å². The van der Waals surface area contributed by atoms with Crippen LogP contribution in [0, 0.1) is 6.92 Å². The molecule has 1 heterocycles. The van der Waals surface area contributed by atoms with Crippen molar-refractivity contribution >= 4 is 22.1 Å². The summed E-state index contributed by atoms with van der Waals surface area (Å²) in [5.74, 6) is 0.0253. The summed E-state index contributed by atoms with van der Waals surface area (Å²) in [6, 6.07) is 15.7. The third-order valence-electron chi connectivity index (χ3n) is 5.64. The predicted molar refractivity (Wildman–Crippen MR) is 123 cm³/mol. The number of carboxylic acids is 1. The minimum absolute atomic E-state index is 0.161. The molecule has 0 saturated carbocycles. The molecule has 3 aromatic rings. The number of nitrogens with zero attached hydrogens (tertiary/aromatic N) is 1. The van der Waals surface area contributed by atoms with Crippen LogP contribution in [0.15, 0.2) is 70.2 Å². The van der Waals surface area contributed by atoms with Gasteiger partial charge in [-0.25, -0.2) is 13.2 Å². The first-order valence-electron chi connectivity index (χ1n) is 10.6. The highest BCUT2D eigenvalue weighted by molar-refractivity contribution is 7.89. The highest BCUT2D eigenvalue weighted by Gasteiger charge is 2.33. The van der Waals surface area contributed by atoms with Crippen molar-refractivity contribution in [1.82, 2.24) is 4.31 Å². The van der Waals surface area contributed by atoms with E-state index in [1.54, 1.807) is 37.3 Å². The molecule has 0 bridgehead atoms. The summed E-state index contributed by atoms with van der Waals surface area (Å²) < 4.78 is 39.3. The molecule has 0 aliphatic heterocycles. The number of aliphatic carboxylic acids is 1. The van der Waals surface area contributed by atoms with Crippen LogP contribution in [0.5, 0.6) is 5.75 Å². The molecule has 2 aromatic carbocycles. The molecule has 0 saturated heterocycles. The molecule has 1 aromatic heterocycles. The average Bonchev–Trinajstić information content (AvgIpc) is 3.44. The Kier molecular flexibility index (Phi) is 6.40. The van der Waals surface area contributed by atoms with Gasteiger partial charge in [0.15, 0.2) is 6.23 Å². The van der Waals surface area contributed by atoms with Crippen LogP contribution in [0.25, 0.3) is 6.08 Å². The third-order valence-corrected chi connectivity index (χ3v) is 7.31. The molecule has 33 heavy (non-hydrogen) atoms. The standard InChI is InChI=1S/C25H25NO6S/c1-17-6-15-24(31-17)33(29,30)26(2)25(20-10-7-18(8-11-20)9-14-23(27)28)32-22-13-12-19-4-3-5-21(19)16-22/h6-16,25H,3-5H2,1-2H3,(H,27,28). The Hall–Kier alpha value is -3.36. The highest BCUT2D eigenvalue weighted by atomic mass is 32.2. The quantitative estimate of drug-likeness (QED) is 0.385. The SMILES string of the molecule is Cc1ccc(S(=O)(=O)N(C)C(Oc2ccc3c(c2)CCC3)c2ccc(C=CC(=O)O)cc2)o1. The van der Waals surface area contributed by atoms with Gasteiger partial charge in [0, 0.05) is 18.7 Å². The van der Waals surface area contributed by atoms with E-state index in [1.165, 1.54) is 30.3 Å². The van der Waals surface area contributed by atoms with Gasteiger partial charge in [-0.05, 0) is 73.2 Å². The summed E-state index contributed by atoms with van der Waals surface area (Å²) in [4.78, 5) is 10.8. The monoisotopic (exact) mass is 467 g/mol. The molecule has 0 spiro atoms. The van der Waals surface area contributed by atoms with Gasteiger partial charge < -0.3 is 14.3 Å². The normalized spacial score (nSPS) is 14.5. The zero-order chi connectivity index (χ0) is 23.6. The summed E-state index contributed by atoms with van der Waals surface area (Å²) in [5.41, 5.74) is 3.77. The lowest BCUT2D eigenvalue weighted by Crippen LogP contribution is -2.34. The van der Waals surface area contributed by atoms with Crippen molar-refractivity contribution in [2.24, 2.45) is 0 Å². The minimum atomic E-state index is -3.98. The lowest BCUT2D eigenvalue weighted by molar-refractivity contribution is -0.131. The molecule has 0 fully saturated rings. The van der Waals surface area contributed by atoms with Gasteiger partial charge in [-0.15, -0.1) is 0 Å². The first-order chi connectivity index (χ1) is 15.7. The van der Waals surface area contributed by atoms with Crippen LogP contribution in [0.2, 0.25) is 0 Å². The number of carbonyl (C=O) groups is 1. The molecule has 0 amide bonds. The molecular weight excluding hydrogens is 442 g/mol. The second-order valence-corrected chi connectivity index (χ2v) is 9.91. The Morgan fingerprint density at radius 3 is 2.48 bits per heavy atom. The number of carboxylic acid groups (broad SMARTS) is 1. The summed E-state index contributed by atoms with van der Waals surface area (Å²) in [7, 11) is -2.53.